The van der Waals surface area contributed by atoms with Crippen LogP contribution >= 0.6 is 0 Å². The Bertz CT molecular complexity index is 2570. The lowest BCUT2D eigenvalue weighted by Gasteiger charge is -2.15. The minimum atomic E-state index is 0.692. The van der Waals surface area contributed by atoms with Crippen LogP contribution < -0.4 is 5.32 Å². The molecule has 0 bridgehead atoms. The number of rotatable bonds is 7. The average molecular weight is 667 g/mol. The van der Waals surface area contributed by atoms with Crippen LogP contribution in [0.2, 0.25) is 0 Å². The highest BCUT2D eigenvalue weighted by molar-refractivity contribution is 5.96. The molecule has 8 aromatic rings. The fourth-order valence-corrected chi connectivity index (χ4v) is 6.85. The number of fused-ring (bicyclic) bond motifs is 1. The zero-order valence-electron chi connectivity index (χ0n) is 28.4. The molecular weight excluding hydrogens is 633 g/mol. The lowest BCUT2D eigenvalue weighted by Crippen LogP contribution is -2.08. The molecule has 1 N–H and O–H groups in total. The van der Waals surface area contributed by atoms with Gasteiger partial charge in [-0.2, -0.15) is 0 Å². The molecule has 0 spiro atoms. The second-order valence-electron chi connectivity index (χ2n) is 12.9. The fourth-order valence-electron chi connectivity index (χ4n) is 6.85. The van der Waals surface area contributed by atoms with Crippen LogP contribution in [0.4, 0.5) is 0 Å². The lowest BCUT2D eigenvalue weighted by molar-refractivity contribution is 0.976. The van der Waals surface area contributed by atoms with Gasteiger partial charge in [-0.15, -0.1) is 0 Å². The topological polar surface area (TPSA) is 50.7 Å². The molecule has 0 fully saturated rings. The Kier molecular flexibility index (Phi) is 8.24. The first kappa shape index (κ1) is 31.1. The van der Waals surface area contributed by atoms with Gasteiger partial charge in [-0.1, -0.05) is 133 Å². The van der Waals surface area contributed by atoms with Crippen molar-refractivity contribution in [2.24, 2.45) is 0 Å². The van der Waals surface area contributed by atoms with Crippen molar-refractivity contribution in [3.8, 4) is 67.3 Å². The van der Waals surface area contributed by atoms with Crippen molar-refractivity contribution in [2.45, 2.75) is 0 Å². The number of allylic oxidation sites excluding steroid dienone is 2. The molecule has 0 aliphatic carbocycles. The number of aromatic nitrogens is 3. The zero-order valence-corrected chi connectivity index (χ0v) is 28.4. The molecule has 2 aromatic heterocycles. The fraction of sp³-hybridized carbons (Fsp3) is 0.0208. The molecule has 0 saturated carbocycles. The van der Waals surface area contributed by atoms with Crippen molar-refractivity contribution in [2.75, 3.05) is 6.54 Å². The van der Waals surface area contributed by atoms with Gasteiger partial charge >= 0.3 is 0 Å². The van der Waals surface area contributed by atoms with Crippen molar-refractivity contribution < 1.29 is 0 Å². The van der Waals surface area contributed by atoms with Crippen LogP contribution in [0.5, 0.6) is 0 Å². The van der Waals surface area contributed by atoms with Gasteiger partial charge in [0.05, 0.1) is 16.9 Å². The Balaban J connectivity index is 1.15. The molecule has 0 saturated heterocycles. The first-order valence-electron chi connectivity index (χ1n) is 17.6. The summed E-state index contributed by atoms with van der Waals surface area (Å²) < 4.78 is 0. The van der Waals surface area contributed by atoms with E-state index in [9.17, 15) is 0 Å². The van der Waals surface area contributed by atoms with Gasteiger partial charge in [-0.3, -0.25) is 4.98 Å². The molecule has 4 heteroatoms. The maximum absolute atomic E-state index is 5.28. The molecule has 52 heavy (non-hydrogen) atoms. The summed E-state index contributed by atoms with van der Waals surface area (Å²) in [5, 5.41) is 4.41. The van der Waals surface area contributed by atoms with Crippen molar-refractivity contribution in [1.29, 1.82) is 0 Å². The van der Waals surface area contributed by atoms with Gasteiger partial charge in [0.1, 0.15) is 0 Å². The Morgan fingerprint density at radius 1 is 0.442 bits per heavy atom. The molecule has 246 valence electrons. The predicted molar refractivity (Wildman–Crippen MR) is 215 cm³/mol. The molecular formula is C48H34N4. The van der Waals surface area contributed by atoms with Crippen molar-refractivity contribution in [3.63, 3.8) is 0 Å². The highest BCUT2D eigenvalue weighted by Gasteiger charge is 2.16. The van der Waals surface area contributed by atoms with Crippen LogP contribution in [0.15, 0.2) is 188 Å². The largest absolute Gasteiger partial charge is 0.387 e. The van der Waals surface area contributed by atoms with Gasteiger partial charge in [0.25, 0.3) is 0 Å². The van der Waals surface area contributed by atoms with E-state index in [1.807, 2.05) is 36.5 Å². The van der Waals surface area contributed by atoms with E-state index < -0.39 is 0 Å². The summed E-state index contributed by atoms with van der Waals surface area (Å²) in [5.41, 5.74) is 15.0. The molecule has 0 amide bonds. The highest BCUT2D eigenvalue weighted by atomic mass is 14.9. The lowest BCUT2D eigenvalue weighted by atomic mass is 9.94. The average Bonchev–Trinajstić information content (AvgIpc) is 3.24. The summed E-state index contributed by atoms with van der Waals surface area (Å²) in [5.74, 6) is 0.692. The normalized spacial score (nSPS) is 12.3. The van der Waals surface area contributed by atoms with Crippen LogP contribution in [-0.4, -0.2) is 21.5 Å². The third kappa shape index (κ3) is 6.30. The maximum Gasteiger partial charge on any atom is 0.160 e. The molecule has 4 nitrogen and oxygen atoms in total. The molecule has 1 aliphatic rings. The number of nitrogens with one attached hydrogen (secondary N) is 1. The van der Waals surface area contributed by atoms with E-state index >= 15 is 0 Å². The van der Waals surface area contributed by atoms with Gasteiger partial charge < -0.3 is 5.32 Å². The molecule has 0 atom stereocenters. The van der Waals surface area contributed by atoms with E-state index in [-0.39, 0.29) is 0 Å². The first-order valence-corrected chi connectivity index (χ1v) is 17.6. The van der Waals surface area contributed by atoms with E-state index in [1.54, 1.807) is 0 Å². The standard InChI is InChI=1S/C48H34N4/c1-3-10-33(11-4-1)39-24-25-44-46(31-39)51-48(52-47(44)38-12-5-2-6-13-38)43-29-41(28-42(30-43)40-14-9-26-49-32-40)36-18-16-34(17-19-36)35-20-22-37(23-21-35)45-15-7-8-27-50-45/h1-25,27-32,49H,26H2. The summed E-state index contributed by atoms with van der Waals surface area (Å²) in [6, 6.07) is 57.5. The van der Waals surface area contributed by atoms with Gasteiger partial charge in [-0.05, 0) is 87.0 Å². The predicted octanol–water partition coefficient (Wildman–Crippen LogP) is 11.5. The van der Waals surface area contributed by atoms with Crippen LogP contribution in [0, 0.1) is 0 Å². The quantitative estimate of drug-likeness (QED) is 0.184. The number of pyridine rings is 1. The van der Waals surface area contributed by atoms with Crippen molar-refractivity contribution in [3.05, 3.63) is 194 Å². The van der Waals surface area contributed by atoms with Gasteiger partial charge in [-0.25, -0.2) is 9.97 Å². The zero-order chi connectivity index (χ0) is 34.7. The summed E-state index contributed by atoms with van der Waals surface area (Å²) in [4.78, 5) is 15.0. The van der Waals surface area contributed by atoms with Crippen LogP contribution in [0.3, 0.4) is 0 Å². The number of hydrogen-bond acceptors (Lipinski definition) is 4. The molecule has 1 aliphatic heterocycles. The second kappa shape index (κ2) is 13.8. The van der Waals surface area contributed by atoms with Crippen molar-refractivity contribution >= 4 is 16.5 Å². The van der Waals surface area contributed by atoms with Gasteiger partial charge in [0.2, 0.25) is 0 Å². The minimum absolute atomic E-state index is 0.692. The molecule has 6 aromatic carbocycles. The smallest absolute Gasteiger partial charge is 0.160 e. The van der Waals surface area contributed by atoms with Crippen LogP contribution in [-0.2, 0) is 0 Å². The summed E-state index contributed by atoms with van der Waals surface area (Å²) >= 11 is 0. The Labute approximate surface area is 303 Å². The van der Waals surface area contributed by atoms with Gasteiger partial charge in [0, 0.05) is 41.0 Å². The second-order valence-corrected chi connectivity index (χ2v) is 12.9. The first-order chi connectivity index (χ1) is 25.7. The monoisotopic (exact) mass is 666 g/mol. The molecule has 9 rings (SSSR count). The third-order valence-electron chi connectivity index (χ3n) is 9.56. The molecule has 3 heterocycles. The van der Waals surface area contributed by atoms with E-state index in [0.717, 1.165) is 90.0 Å². The number of hydrogen-bond donors (Lipinski definition) is 1. The Morgan fingerprint density at radius 3 is 1.71 bits per heavy atom. The highest BCUT2D eigenvalue weighted by Crippen LogP contribution is 2.36. The number of nitrogens with zero attached hydrogens (tertiary/aromatic N) is 3. The van der Waals surface area contributed by atoms with E-state index in [1.165, 1.54) is 0 Å². The van der Waals surface area contributed by atoms with E-state index in [2.05, 4.69) is 162 Å². The Hall–Kier alpha value is -6.91. The minimum Gasteiger partial charge on any atom is -0.387 e. The molecule has 0 unspecified atom stereocenters. The third-order valence-corrected chi connectivity index (χ3v) is 9.56. The van der Waals surface area contributed by atoms with E-state index in [4.69, 9.17) is 9.97 Å². The van der Waals surface area contributed by atoms with Gasteiger partial charge in [0.15, 0.2) is 5.82 Å². The number of benzene rings is 6. The maximum atomic E-state index is 5.28. The SMILES string of the molecule is C1=CC(c2cc(-c3ccc(-c4ccc(-c5ccccn5)cc4)cc3)cc(-c3nc(-c4ccccc4)c4ccc(-c5ccccc5)cc4n3)c2)=CNC1. The van der Waals surface area contributed by atoms with Crippen LogP contribution in [0.25, 0.3) is 83.8 Å². The summed E-state index contributed by atoms with van der Waals surface area (Å²) in [6.07, 6.45) is 8.25. The van der Waals surface area contributed by atoms with Crippen molar-refractivity contribution in [1.82, 2.24) is 20.3 Å². The number of dihydropyridines is 1. The molecule has 0 radical (unpaired) electrons. The van der Waals surface area contributed by atoms with E-state index in [0.29, 0.717) is 5.82 Å². The Morgan fingerprint density at radius 2 is 1.04 bits per heavy atom. The van der Waals surface area contributed by atoms with Crippen LogP contribution in [0.1, 0.15) is 5.56 Å². The summed E-state index contributed by atoms with van der Waals surface area (Å²) in [7, 11) is 0. The summed E-state index contributed by atoms with van der Waals surface area (Å²) in [6.45, 7) is 0.818.